The standard InChI is InChI=1S/C31H29GeN2O.C15H28O2.Ir/c1-18(2)20-10-12-23-24-8-7-9-26(31(24)35-27(23)16-20)29-25-13-11-21-15-22(32(4,5)6)14-19(3)28(21)30(25)34-17-33-29;1-7-14(5,8-2)12(16)11-13(17)15(6,9-3)10-4;/h7-8,10-18H,1-6H3;11,16H,7-10H2,1-6H3;/q-1;;/b;12-11-;. The fraction of sp³-hybridized carbons (Fsp3) is 0.413. The third-order valence-corrected chi connectivity index (χ3v) is 16.0. The number of aliphatic hydroxyl groups excluding tert-OH is 1. The van der Waals surface area contributed by atoms with E-state index in [0.29, 0.717) is 5.92 Å². The number of fused-ring (bicyclic) bond motifs is 6. The quantitative estimate of drug-likeness (QED) is 0.0487. The normalized spacial score (nSPS) is 12.7. The molecule has 4 aromatic carbocycles. The Kier molecular flexibility index (Phi) is 13.3. The van der Waals surface area contributed by atoms with Crippen LogP contribution in [0.25, 0.3) is 54.9 Å². The Morgan fingerprint density at radius 1 is 0.887 bits per heavy atom. The number of aryl methyl sites for hydroxylation is 1. The molecule has 0 fully saturated rings. The molecule has 0 aliphatic rings. The van der Waals surface area contributed by atoms with E-state index >= 15 is 0 Å². The van der Waals surface area contributed by atoms with Crippen LogP contribution >= 0.6 is 0 Å². The van der Waals surface area contributed by atoms with E-state index in [1.54, 1.807) is 6.33 Å². The molecule has 283 valence electrons. The summed E-state index contributed by atoms with van der Waals surface area (Å²) in [6, 6.07) is 23.2. The first kappa shape index (κ1) is 42.4. The van der Waals surface area contributed by atoms with Crippen molar-refractivity contribution in [2.24, 2.45) is 10.8 Å². The van der Waals surface area contributed by atoms with E-state index in [1.807, 2.05) is 47.6 Å². The van der Waals surface area contributed by atoms with Gasteiger partial charge in [-0.15, -0.1) is 0 Å². The minimum atomic E-state index is -1.95. The maximum atomic E-state index is 12.2. The summed E-state index contributed by atoms with van der Waals surface area (Å²) in [5.74, 6) is 8.05. The number of carbonyl (C=O) groups is 1. The van der Waals surface area contributed by atoms with Crippen LogP contribution < -0.4 is 4.40 Å². The van der Waals surface area contributed by atoms with Crippen molar-refractivity contribution in [3.63, 3.8) is 0 Å². The Morgan fingerprint density at radius 3 is 2.13 bits per heavy atom. The first-order chi connectivity index (χ1) is 24.5. The van der Waals surface area contributed by atoms with Gasteiger partial charge >= 0.3 is 178 Å². The van der Waals surface area contributed by atoms with Crippen molar-refractivity contribution in [2.75, 3.05) is 0 Å². The smallest absolute Gasteiger partial charge is 0 e. The van der Waals surface area contributed by atoms with Gasteiger partial charge in [0.2, 0.25) is 0 Å². The van der Waals surface area contributed by atoms with Gasteiger partial charge in [-0.2, -0.15) is 0 Å². The number of ketones is 1. The molecule has 6 aromatic rings. The van der Waals surface area contributed by atoms with Crippen LogP contribution in [0.3, 0.4) is 0 Å². The molecule has 2 aromatic heterocycles. The van der Waals surface area contributed by atoms with E-state index in [9.17, 15) is 9.90 Å². The molecule has 7 heteroatoms. The Bertz CT molecular complexity index is 2290. The fourth-order valence-corrected chi connectivity index (χ4v) is 9.40. The van der Waals surface area contributed by atoms with Gasteiger partial charge in [0.15, 0.2) is 5.78 Å². The molecule has 0 unspecified atom stereocenters. The largest absolute Gasteiger partial charge is 0 e. The van der Waals surface area contributed by atoms with Crippen LogP contribution in [-0.4, -0.2) is 34.1 Å². The molecule has 0 aliphatic heterocycles. The maximum absolute atomic E-state index is 12.2. The monoisotopic (exact) mass is 952 g/mol. The van der Waals surface area contributed by atoms with Gasteiger partial charge in [0.1, 0.15) is 5.76 Å². The zero-order valence-corrected chi connectivity index (χ0v) is 38.2. The first-order valence-electron chi connectivity index (χ1n) is 19.0. The number of hydrogen-bond acceptors (Lipinski definition) is 5. The molecular weight excluding hydrogens is 893 g/mol. The molecule has 0 aliphatic carbocycles. The van der Waals surface area contributed by atoms with Gasteiger partial charge in [0, 0.05) is 37.0 Å². The molecule has 53 heavy (non-hydrogen) atoms. The summed E-state index contributed by atoms with van der Waals surface area (Å²) in [6.45, 7) is 18.7. The van der Waals surface area contributed by atoms with Crippen molar-refractivity contribution >= 4 is 67.1 Å². The number of aromatic nitrogens is 2. The summed E-state index contributed by atoms with van der Waals surface area (Å²) >= 11 is -1.95. The second-order valence-corrected chi connectivity index (χ2v) is 27.0. The van der Waals surface area contributed by atoms with E-state index in [0.717, 1.165) is 69.8 Å². The topological polar surface area (TPSA) is 76.2 Å². The minimum absolute atomic E-state index is 0. The number of nitrogens with zero attached hydrogens (tertiary/aromatic N) is 2. The second-order valence-electron chi connectivity index (χ2n) is 16.4. The molecular formula is C46H57GeIrN2O3-. The molecule has 0 atom stereocenters. The van der Waals surface area contributed by atoms with Crippen molar-refractivity contribution in [1.29, 1.82) is 0 Å². The average Bonchev–Trinajstić information content (AvgIpc) is 3.51. The van der Waals surface area contributed by atoms with E-state index in [2.05, 4.69) is 92.6 Å². The van der Waals surface area contributed by atoms with Gasteiger partial charge in [-0.25, -0.2) is 0 Å². The van der Waals surface area contributed by atoms with Crippen LogP contribution in [0.5, 0.6) is 0 Å². The van der Waals surface area contributed by atoms with E-state index in [1.165, 1.54) is 32.4 Å². The zero-order chi connectivity index (χ0) is 38.2. The van der Waals surface area contributed by atoms with Crippen LogP contribution in [0.1, 0.15) is 98.1 Å². The molecule has 0 amide bonds. The summed E-state index contributed by atoms with van der Waals surface area (Å²) in [6.07, 6.45) is 6.43. The number of carbonyl (C=O) groups excluding carboxylic acids is 1. The van der Waals surface area contributed by atoms with Crippen molar-refractivity contribution < 1.29 is 34.4 Å². The number of furan rings is 1. The fourth-order valence-electron chi connectivity index (χ4n) is 6.80. The van der Waals surface area contributed by atoms with Crippen molar-refractivity contribution in [1.82, 2.24) is 9.97 Å². The number of benzene rings is 4. The Morgan fingerprint density at radius 2 is 1.53 bits per heavy atom. The molecule has 0 spiro atoms. The average molecular weight is 951 g/mol. The van der Waals surface area contributed by atoms with Crippen LogP contribution in [-0.2, 0) is 24.9 Å². The molecule has 1 N–H and O–H groups in total. The van der Waals surface area contributed by atoms with Gasteiger partial charge in [0.05, 0.1) is 0 Å². The predicted octanol–water partition coefficient (Wildman–Crippen LogP) is 12.8. The van der Waals surface area contributed by atoms with Crippen LogP contribution in [0.15, 0.2) is 77.2 Å². The zero-order valence-electron chi connectivity index (χ0n) is 33.7. The summed E-state index contributed by atoms with van der Waals surface area (Å²) in [5, 5.41) is 15.8. The number of aliphatic hydroxyl groups is 1. The second kappa shape index (κ2) is 16.6. The van der Waals surface area contributed by atoms with Gasteiger partial charge in [0.25, 0.3) is 0 Å². The van der Waals surface area contributed by atoms with Gasteiger partial charge < -0.3 is 5.11 Å². The number of rotatable bonds is 10. The Hall–Kier alpha value is -3.32. The van der Waals surface area contributed by atoms with Crippen molar-refractivity contribution in [3.05, 3.63) is 90.0 Å². The van der Waals surface area contributed by atoms with Gasteiger partial charge in [-0.05, 0) is 37.2 Å². The Labute approximate surface area is 332 Å². The van der Waals surface area contributed by atoms with Crippen molar-refractivity contribution in [2.45, 2.75) is 111 Å². The molecule has 0 saturated carbocycles. The van der Waals surface area contributed by atoms with Crippen LogP contribution in [0.2, 0.25) is 17.3 Å². The molecule has 5 nitrogen and oxygen atoms in total. The number of hydrogen-bond donors (Lipinski definition) is 1. The summed E-state index contributed by atoms with van der Waals surface area (Å²) in [5.41, 5.74) is 6.42. The summed E-state index contributed by atoms with van der Waals surface area (Å²) in [4.78, 5) is 21.7. The SMILES string of the molecule is CCC(C)(CC)C(=O)/C=C(\O)C(C)(CC)CC.Cc1c[c]([Ge]([CH3])([CH3])[CH3])cc2ccc3c(-c4[c-]ccc5c4oc4cc(C(C)C)ccc45)ncnc3c12.[Ir]. The first-order valence-corrected chi connectivity index (χ1v) is 26.4. The molecule has 6 rings (SSSR count). The van der Waals surface area contributed by atoms with E-state index < -0.39 is 13.3 Å². The molecule has 1 radical (unpaired) electrons. The minimum Gasteiger partial charge on any atom is 0 e. The summed E-state index contributed by atoms with van der Waals surface area (Å²) in [7, 11) is 0. The number of allylic oxidation sites excluding steroid dienone is 2. The van der Waals surface area contributed by atoms with Gasteiger partial charge in [-0.1, -0.05) is 61.5 Å². The van der Waals surface area contributed by atoms with Crippen molar-refractivity contribution in [3.8, 4) is 11.3 Å². The van der Waals surface area contributed by atoms with Gasteiger partial charge in [-0.3, -0.25) is 4.79 Å². The third-order valence-electron chi connectivity index (χ3n) is 11.7. The predicted molar refractivity (Wildman–Crippen MR) is 223 cm³/mol. The van der Waals surface area contributed by atoms with E-state index in [4.69, 9.17) is 14.4 Å². The van der Waals surface area contributed by atoms with E-state index in [-0.39, 0.29) is 42.5 Å². The maximum Gasteiger partial charge on any atom is 0 e. The molecule has 2 heterocycles. The molecule has 0 saturated heterocycles. The summed E-state index contributed by atoms with van der Waals surface area (Å²) < 4.78 is 7.97. The molecule has 0 bridgehead atoms. The third kappa shape index (κ3) is 8.36. The Balaban J connectivity index is 0.000000299. The van der Waals surface area contributed by atoms with Crippen LogP contribution in [0.4, 0.5) is 0 Å². The van der Waals surface area contributed by atoms with Crippen LogP contribution in [0, 0.1) is 23.8 Å².